The molecular formula is C23H33FO. The minimum Gasteiger partial charge on any atom is -0.377 e. The van der Waals surface area contributed by atoms with E-state index in [0.717, 1.165) is 17.8 Å². The highest BCUT2D eigenvalue weighted by atomic mass is 19.1. The van der Waals surface area contributed by atoms with Gasteiger partial charge in [-0.25, -0.2) is 4.39 Å². The number of halogens is 1. The van der Waals surface area contributed by atoms with Crippen LogP contribution in [0.3, 0.4) is 0 Å². The molecule has 1 aromatic carbocycles. The summed E-state index contributed by atoms with van der Waals surface area (Å²) in [6.07, 6.45) is 12.6. The third kappa shape index (κ3) is 4.73. The largest absolute Gasteiger partial charge is 0.377 e. The zero-order chi connectivity index (χ0) is 17.6. The van der Waals surface area contributed by atoms with Crippen molar-refractivity contribution in [2.45, 2.75) is 70.8 Å². The number of allylic oxidation sites excluding steroid dienone is 1. The Morgan fingerprint density at radius 3 is 2.24 bits per heavy atom. The van der Waals surface area contributed by atoms with Gasteiger partial charge in [-0.05, 0) is 93.6 Å². The molecule has 0 radical (unpaired) electrons. The van der Waals surface area contributed by atoms with Crippen LogP contribution < -0.4 is 0 Å². The Bertz CT molecular complexity index is 551. The van der Waals surface area contributed by atoms with Gasteiger partial charge < -0.3 is 4.74 Å². The molecule has 0 aliphatic heterocycles. The van der Waals surface area contributed by atoms with E-state index in [1.807, 2.05) is 13.0 Å². The highest BCUT2D eigenvalue weighted by molar-refractivity contribution is 5.27. The quantitative estimate of drug-likeness (QED) is 0.526. The Morgan fingerprint density at radius 1 is 1.04 bits per heavy atom. The molecular weight excluding hydrogens is 311 g/mol. The molecule has 2 heteroatoms. The van der Waals surface area contributed by atoms with E-state index < -0.39 is 0 Å². The molecule has 0 aromatic heterocycles. The van der Waals surface area contributed by atoms with Gasteiger partial charge in [0, 0.05) is 12.2 Å². The van der Waals surface area contributed by atoms with Crippen molar-refractivity contribution in [1.82, 2.24) is 0 Å². The monoisotopic (exact) mass is 344 g/mol. The molecule has 0 atom stereocenters. The first-order valence-corrected chi connectivity index (χ1v) is 10.2. The van der Waals surface area contributed by atoms with Crippen LogP contribution in [0.1, 0.15) is 75.3 Å². The van der Waals surface area contributed by atoms with Crippen LogP contribution >= 0.6 is 0 Å². The van der Waals surface area contributed by atoms with Crippen LogP contribution in [-0.2, 0) is 11.3 Å². The summed E-state index contributed by atoms with van der Waals surface area (Å²) in [5.74, 6) is 3.00. The summed E-state index contributed by atoms with van der Waals surface area (Å²) < 4.78 is 19.6. The van der Waals surface area contributed by atoms with Crippen molar-refractivity contribution in [3.05, 3.63) is 47.8 Å². The van der Waals surface area contributed by atoms with Crippen molar-refractivity contribution in [1.29, 1.82) is 0 Å². The van der Waals surface area contributed by atoms with Crippen LogP contribution in [0.2, 0.25) is 0 Å². The minimum absolute atomic E-state index is 0.101. The number of ether oxygens (including phenoxy) is 1. The summed E-state index contributed by atoms with van der Waals surface area (Å²) in [4.78, 5) is 0. The first-order valence-electron chi connectivity index (χ1n) is 10.2. The van der Waals surface area contributed by atoms with Crippen LogP contribution in [0.5, 0.6) is 0 Å². The predicted octanol–water partition coefficient (Wildman–Crippen LogP) is 6.63. The van der Waals surface area contributed by atoms with Gasteiger partial charge in [-0.1, -0.05) is 18.2 Å². The first kappa shape index (κ1) is 18.6. The Labute approximate surface area is 152 Å². The average Bonchev–Trinajstić information content (AvgIpc) is 2.67. The van der Waals surface area contributed by atoms with Crippen LogP contribution in [0.4, 0.5) is 4.39 Å². The van der Waals surface area contributed by atoms with Crippen LogP contribution in [0.25, 0.3) is 0 Å². The van der Waals surface area contributed by atoms with E-state index in [2.05, 4.69) is 18.7 Å². The van der Waals surface area contributed by atoms with E-state index in [1.165, 1.54) is 56.9 Å². The van der Waals surface area contributed by atoms with E-state index in [1.54, 1.807) is 6.07 Å². The summed E-state index contributed by atoms with van der Waals surface area (Å²) in [6, 6.07) is 5.80. The lowest BCUT2D eigenvalue weighted by atomic mass is 9.68. The van der Waals surface area contributed by atoms with Crippen molar-refractivity contribution < 1.29 is 9.13 Å². The topological polar surface area (TPSA) is 9.23 Å². The lowest BCUT2D eigenvalue weighted by Crippen LogP contribution is -2.25. The second-order valence-electron chi connectivity index (χ2n) is 8.01. The molecule has 0 bridgehead atoms. The van der Waals surface area contributed by atoms with Crippen molar-refractivity contribution in [2.75, 3.05) is 6.61 Å². The highest BCUT2D eigenvalue weighted by Crippen LogP contribution is 2.44. The second kappa shape index (κ2) is 8.98. The number of benzene rings is 1. The molecule has 1 aromatic rings. The van der Waals surface area contributed by atoms with Gasteiger partial charge in [0.15, 0.2) is 0 Å². The zero-order valence-electron chi connectivity index (χ0n) is 15.7. The zero-order valence-corrected chi connectivity index (χ0v) is 15.7. The Hall–Kier alpha value is -1.15. The van der Waals surface area contributed by atoms with Crippen molar-refractivity contribution in [3.63, 3.8) is 0 Å². The summed E-state index contributed by atoms with van der Waals surface area (Å²) in [7, 11) is 0. The van der Waals surface area contributed by atoms with Gasteiger partial charge in [0.1, 0.15) is 5.82 Å². The lowest BCUT2D eigenvalue weighted by Gasteiger charge is -2.37. The SMILES string of the molecule is C=CC1CCC(C2CCC(c3ccc(COCC)c(F)c3)CC2)CC1. The molecule has 0 N–H and O–H groups in total. The smallest absolute Gasteiger partial charge is 0.129 e. The van der Waals surface area contributed by atoms with Crippen LogP contribution in [0.15, 0.2) is 30.9 Å². The van der Waals surface area contributed by atoms with E-state index in [-0.39, 0.29) is 5.82 Å². The van der Waals surface area contributed by atoms with Crippen LogP contribution in [0, 0.1) is 23.6 Å². The molecule has 2 fully saturated rings. The molecule has 2 aliphatic rings. The number of hydrogen-bond donors (Lipinski definition) is 0. The number of rotatable bonds is 6. The van der Waals surface area contributed by atoms with E-state index in [9.17, 15) is 4.39 Å². The van der Waals surface area contributed by atoms with Crippen molar-refractivity contribution in [2.24, 2.45) is 17.8 Å². The maximum absolute atomic E-state index is 14.3. The molecule has 2 saturated carbocycles. The molecule has 25 heavy (non-hydrogen) atoms. The van der Waals surface area contributed by atoms with E-state index in [4.69, 9.17) is 4.74 Å². The molecule has 2 aliphatic carbocycles. The normalized spacial score (nSPS) is 30.2. The molecule has 0 spiro atoms. The third-order valence-corrected chi connectivity index (χ3v) is 6.60. The lowest BCUT2D eigenvalue weighted by molar-refractivity contribution is 0.131. The first-order chi connectivity index (χ1) is 12.2. The second-order valence-corrected chi connectivity index (χ2v) is 8.01. The summed E-state index contributed by atoms with van der Waals surface area (Å²) in [6.45, 7) is 6.90. The Kier molecular flexibility index (Phi) is 6.70. The van der Waals surface area contributed by atoms with Gasteiger partial charge in [-0.2, -0.15) is 0 Å². The third-order valence-electron chi connectivity index (χ3n) is 6.60. The van der Waals surface area contributed by atoms with Gasteiger partial charge in [0.2, 0.25) is 0 Å². The number of hydrogen-bond acceptors (Lipinski definition) is 1. The van der Waals surface area contributed by atoms with Gasteiger partial charge in [0.05, 0.1) is 6.61 Å². The Balaban J connectivity index is 1.52. The molecule has 138 valence electrons. The summed E-state index contributed by atoms with van der Waals surface area (Å²) in [5.41, 5.74) is 1.87. The van der Waals surface area contributed by atoms with Gasteiger partial charge in [-0.3, -0.25) is 0 Å². The molecule has 0 amide bonds. The molecule has 0 heterocycles. The predicted molar refractivity (Wildman–Crippen MR) is 102 cm³/mol. The molecule has 0 unspecified atom stereocenters. The summed E-state index contributed by atoms with van der Waals surface area (Å²) in [5, 5.41) is 0. The fraction of sp³-hybridized carbons (Fsp3) is 0.652. The average molecular weight is 345 g/mol. The maximum atomic E-state index is 14.3. The highest BCUT2D eigenvalue weighted by Gasteiger charge is 2.30. The maximum Gasteiger partial charge on any atom is 0.129 e. The fourth-order valence-corrected chi connectivity index (χ4v) is 4.92. The van der Waals surface area contributed by atoms with E-state index in [0.29, 0.717) is 24.7 Å². The standard InChI is InChI=1S/C23H33FO/c1-3-17-5-7-18(8-6-17)19-9-11-20(12-10-19)21-13-14-22(16-25-4-2)23(24)15-21/h3,13-15,17-20H,1,4-12,16H2,2H3. The van der Waals surface area contributed by atoms with E-state index >= 15 is 0 Å². The van der Waals surface area contributed by atoms with Crippen LogP contribution in [-0.4, -0.2) is 6.61 Å². The Morgan fingerprint density at radius 2 is 1.68 bits per heavy atom. The minimum atomic E-state index is -0.101. The van der Waals surface area contributed by atoms with Gasteiger partial charge in [-0.15, -0.1) is 6.58 Å². The molecule has 0 saturated heterocycles. The van der Waals surface area contributed by atoms with Gasteiger partial charge >= 0.3 is 0 Å². The fourth-order valence-electron chi connectivity index (χ4n) is 4.92. The van der Waals surface area contributed by atoms with Crippen molar-refractivity contribution in [3.8, 4) is 0 Å². The molecule has 1 nitrogen and oxygen atoms in total. The van der Waals surface area contributed by atoms with Gasteiger partial charge in [0.25, 0.3) is 0 Å². The summed E-state index contributed by atoms with van der Waals surface area (Å²) >= 11 is 0. The van der Waals surface area contributed by atoms with Crippen molar-refractivity contribution >= 4 is 0 Å². The molecule has 3 rings (SSSR count).